The number of likely N-dealkylation sites (N-methyl/N-ethyl adjacent to an activating group) is 1. The summed E-state index contributed by atoms with van der Waals surface area (Å²) in [6, 6.07) is 2.85. The van der Waals surface area contributed by atoms with Crippen molar-refractivity contribution in [1.82, 2.24) is 15.0 Å². The Morgan fingerprint density at radius 2 is 2.13 bits per heavy atom. The van der Waals surface area contributed by atoms with Crippen LogP contribution < -0.4 is 10.1 Å². The van der Waals surface area contributed by atoms with Gasteiger partial charge in [-0.3, -0.25) is 0 Å². The highest BCUT2D eigenvalue weighted by Gasteiger charge is 2.32. The number of nitroso groups, excluding NO2 is 1. The number of carbonyl (C=O) groups excluding carboxylic acids is 1. The van der Waals surface area contributed by atoms with E-state index < -0.39 is 17.9 Å². The summed E-state index contributed by atoms with van der Waals surface area (Å²) in [6.45, 7) is 0.209. The number of nitrogens with zero attached hydrogens (tertiary/aromatic N) is 5. The maximum atomic E-state index is 13.5. The molecule has 1 aliphatic rings. The number of aromatic nitrogens is 3. The first kappa shape index (κ1) is 22.2. The number of amides is 2. The SMILES string of the molecule is COc1cc(F)ccc1-c1ncnc(NC2C=CC=C(C[N+](C)(C)C(=O)N=O)C2=S)n1. The molecule has 0 fully saturated rings. The number of nitrogens with one attached hydrogen (secondary N) is 1. The molecule has 1 aliphatic carbocycles. The van der Waals surface area contributed by atoms with Crippen molar-refractivity contribution in [2.75, 3.05) is 33.1 Å². The summed E-state index contributed by atoms with van der Waals surface area (Å²) in [4.78, 5) is 35.6. The lowest BCUT2D eigenvalue weighted by molar-refractivity contribution is -0.801. The van der Waals surface area contributed by atoms with Crippen LogP contribution in [0.25, 0.3) is 11.4 Å². The molecule has 0 bridgehead atoms. The lowest BCUT2D eigenvalue weighted by Gasteiger charge is -2.27. The number of anilines is 1. The van der Waals surface area contributed by atoms with E-state index >= 15 is 0 Å². The van der Waals surface area contributed by atoms with Gasteiger partial charge in [-0.1, -0.05) is 30.4 Å². The van der Waals surface area contributed by atoms with Crippen molar-refractivity contribution < 1.29 is 18.4 Å². The number of ether oxygens (including phenoxy) is 1. The fourth-order valence-corrected chi connectivity index (χ4v) is 3.25. The molecule has 0 saturated heterocycles. The van der Waals surface area contributed by atoms with Gasteiger partial charge in [0, 0.05) is 11.6 Å². The number of urea groups is 1. The van der Waals surface area contributed by atoms with Gasteiger partial charge in [0.15, 0.2) is 5.82 Å². The van der Waals surface area contributed by atoms with Gasteiger partial charge in [-0.05, 0) is 12.1 Å². The van der Waals surface area contributed by atoms with E-state index in [-0.39, 0.29) is 17.0 Å². The second kappa shape index (κ2) is 9.14. The van der Waals surface area contributed by atoms with Crippen LogP contribution in [0.2, 0.25) is 0 Å². The maximum absolute atomic E-state index is 13.5. The molecule has 1 aromatic heterocycles. The average Bonchev–Trinajstić information content (AvgIpc) is 2.75. The third-order valence-corrected chi connectivity index (χ3v) is 5.14. The van der Waals surface area contributed by atoms with Gasteiger partial charge >= 0.3 is 6.03 Å². The number of carbonyl (C=O) groups is 1. The number of benzene rings is 1. The Labute approximate surface area is 183 Å². The molecule has 9 nitrogen and oxygen atoms in total. The highest BCUT2D eigenvalue weighted by molar-refractivity contribution is 7.81. The van der Waals surface area contributed by atoms with Crippen LogP contribution in [0.4, 0.5) is 15.1 Å². The number of allylic oxidation sites excluding steroid dienone is 2. The molecule has 2 amide bonds. The number of hydrogen-bond donors (Lipinski definition) is 1. The molecule has 11 heteroatoms. The van der Waals surface area contributed by atoms with Crippen LogP contribution in [-0.4, -0.2) is 64.1 Å². The van der Waals surface area contributed by atoms with Gasteiger partial charge < -0.3 is 10.1 Å². The van der Waals surface area contributed by atoms with Gasteiger partial charge in [0.05, 0.1) is 42.9 Å². The third kappa shape index (κ3) is 5.01. The first-order chi connectivity index (χ1) is 14.7. The van der Waals surface area contributed by atoms with Crippen molar-refractivity contribution in [2.45, 2.75) is 6.04 Å². The normalized spacial score (nSPS) is 15.9. The summed E-state index contributed by atoms with van der Waals surface area (Å²) < 4.78 is 18.5. The minimum absolute atomic E-state index is 0.209. The topological polar surface area (TPSA) is 106 Å². The summed E-state index contributed by atoms with van der Waals surface area (Å²) >= 11 is 5.57. The van der Waals surface area contributed by atoms with Crippen molar-refractivity contribution in [3.63, 3.8) is 0 Å². The number of methoxy groups -OCH3 is 1. The monoisotopic (exact) mass is 443 g/mol. The second-order valence-corrected chi connectivity index (χ2v) is 7.70. The fraction of sp³-hybridized carbons (Fsp3) is 0.250. The van der Waals surface area contributed by atoms with Crippen LogP contribution in [-0.2, 0) is 0 Å². The number of hydrogen-bond acceptors (Lipinski definition) is 8. The van der Waals surface area contributed by atoms with Gasteiger partial charge in [-0.25, -0.2) is 23.6 Å². The predicted octanol–water partition coefficient (Wildman–Crippen LogP) is 3.30. The summed E-state index contributed by atoms with van der Waals surface area (Å²) in [5, 5.41) is 5.64. The van der Waals surface area contributed by atoms with E-state index in [4.69, 9.17) is 17.0 Å². The minimum atomic E-state index is -0.793. The Morgan fingerprint density at radius 3 is 2.84 bits per heavy atom. The summed E-state index contributed by atoms with van der Waals surface area (Å²) in [7, 11) is 4.60. The number of quaternary nitrogens is 1. The molecule has 1 unspecified atom stereocenters. The molecule has 0 radical (unpaired) electrons. The van der Waals surface area contributed by atoms with E-state index in [0.717, 1.165) is 0 Å². The molecule has 31 heavy (non-hydrogen) atoms. The molecule has 3 rings (SSSR count). The van der Waals surface area contributed by atoms with Crippen molar-refractivity contribution in [1.29, 1.82) is 0 Å². The van der Waals surface area contributed by atoms with Crippen LogP contribution in [0.1, 0.15) is 0 Å². The van der Waals surface area contributed by atoms with Gasteiger partial charge in [0.25, 0.3) is 0 Å². The van der Waals surface area contributed by atoms with Gasteiger partial charge in [0.1, 0.15) is 24.4 Å². The Balaban J connectivity index is 1.80. The summed E-state index contributed by atoms with van der Waals surface area (Å²) in [6.07, 6.45) is 6.75. The molecular weight excluding hydrogens is 423 g/mol. The molecule has 0 spiro atoms. The van der Waals surface area contributed by atoms with Crippen molar-refractivity contribution in [2.24, 2.45) is 5.18 Å². The Bertz CT molecular complexity index is 1100. The minimum Gasteiger partial charge on any atom is -0.496 e. The highest BCUT2D eigenvalue weighted by atomic mass is 32.1. The van der Waals surface area contributed by atoms with Crippen LogP contribution in [0.15, 0.2) is 53.5 Å². The van der Waals surface area contributed by atoms with Crippen LogP contribution in [0, 0.1) is 10.7 Å². The van der Waals surface area contributed by atoms with E-state index in [1.54, 1.807) is 26.2 Å². The molecule has 1 atom stereocenters. The molecule has 1 aromatic carbocycles. The summed E-state index contributed by atoms with van der Waals surface area (Å²) in [5.41, 5.74) is 1.22. The number of rotatable bonds is 6. The first-order valence-electron chi connectivity index (χ1n) is 9.17. The highest BCUT2D eigenvalue weighted by Crippen LogP contribution is 2.28. The molecule has 1 N–H and O–H groups in total. The molecule has 0 saturated carbocycles. The van der Waals surface area contributed by atoms with E-state index in [2.05, 4.69) is 25.4 Å². The van der Waals surface area contributed by atoms with Gasteiger partial charge in [-0.15, -0.1) is 4.91 Å². The number of halogens is 1. The predicted molar refractivity (Wildman–Crippen MR) is 117 cm³/mol. The lowest BCUT2D eigenvalue weighted by atomic mass is 9.99. The van der Waals surface area contributed by atoms with E-state index in [0.29, 0.717) is 27.6 Å². The molecular formula is C20H20FN6O3S+. The summed E-state index contributed by atoms with van der Waals surface area (Å²) in [5.74, 6) is 0.420. The fourth-order valence-electron chi connectivity index (χ4n) is 2.98. The zero-order chi connectivity index (χ0) is 22.6. The number of thiocarbonyl (C=S) groups is 1. The van der Waals surface area contributed by atoms with E-state index in [1.807, 2.05) is 6.08 Å². The zero-order valence-electron chi connectivity index (χ0n) is 17.1. The smallest absolute Gasteiger partial charge is 0.478 e. The molecule has 160 valence electrons. The standard InChI is InChI=1S/C20H20FN6O3S/c1-27(2,20(28)26-29)10-12-5-4-6-15(17(12)31)24-19-23-11-22-18(25-19)14-8-7-13(21)9-16(14)30-3/h4-9,11,15H,10H2,1-3H3,(H,22,23,24,25)/q+1. The van der Waals surface area contributed by atoms with Crippen LogP contribution in [0.5, 0.6) is 5.75 Å². The molecule has 2 aromatic rings. The van der Waals surface area contributed by atoms with Gasteiger partial charge in [0.2, 0.25) is 5.95 Å². The third-order valence-electron chi connectivity index (χ3n) is 4.62. The van der Waals surface area contributed by atoms with Crippen LogP contribution >= 0.6 is 12.2 Å². The largest absolute Gasteiger partial charge is 0.496 e. The van der Waals surface area contributed by atoms with Gasteiger partial charge in [-0.2, -0.15) is 4.98 Å². The van der Waals surface area contributed by atoms with Crippen molar-refractivity contribution >= 4 is 29.1 Å². The maximum Gasteiger partial charge on any atom is 0.478 e. The lowest BCUT2D eigenvalue weighted by Crippen LogP contribution is -2.47. The quantitative estimate of drug-likeness (QED) is 0.412. The van der Waals surface area contributed by atoms with E-state index in [1.165, 1.54) is 31.6 Å². The van der Waals surface area contributed by atoms with Crippen molar-refractivity contribution in [3.05, 3.63) is 59.1 Å². The molecule has 1 heterocycles. The zero-order valence-corrected chi connectivity index (χ0v) is 17.9. The molecule has 0 aliphatic heterocycles. The Hall–Kier alpha value is -3.44. The Morgan fingerprint density at radius 1 is 1.35 bits per heavy atom. The Kier molecular flexibility index (Phi) is 6.56. The van der Waals surface area contributed by atoms with Crippen molar-refractivity contribution in [3.8, 4) is 17.1 Å². The average molecular weight is 443 g/mol. The van der Waals surface area contributed by atoms with Crippen LogP contribution in [0.3, 0.4) is 0 Å². The van der Waals surface area contributed by atoms with E-state index in [9.17, 15) is 14.1 Å². The first-order valence-corrected chi connectivity index (χ1v) is 9.58. The second-order valence-electron chi connectivity index (χ2n) is 7.26.